The zero-order valence-electron chi connectivity index (χ0n) is 17.4. The summed E-state index contributed by atoms with van der Waals surface area (Å²) < 4.78 is 0. The van der Waals surface area contributed by atoms with Crippen molar-refractivity contribution in [3.05, 3.63) is 29.8 Å². The molecule has 0 aliphatic heterocycles. The number of aromatic hydroxyl groups is 1. The van der Waals surface area contributed by atoms with Crippen LogP contribution >= 0.6 is 0 Å². The minimum atomic E-state index is -1.68. The summed E-state index contributed by atoms with van der Waals surface area (Å²) in [7, 11) is 0. The number of nitrogens with one attached hydrogen (secondary N) is 3. The molecule has 0 saturated carbocycles. The van der Waals surface area contributed by atoms with E-state index < -0.39 is 73.4 Å². The zero-order chi connectivity index (χ0) is 25.1. The number of hydrogen-bond acceptors (Lipinski definition) is 9. The molecule has 0 aliphatic carbocycles. The normalized spacial score (nSPS) is 14.3. The quantitative estimate of drug-likeness (QED) is 0.134. The number of carbonyl (C=O) groups is 5. The van der Waals surface area contributed by atoms with Crippen LogP contribution in [0.15, 0.2) is 24.3 Å². The number of carbonyl (C=O) groups excluding carboxylic acids is 4. The number of phenols is 1. The molecule has 0 aliphatic rings. The highest BCUT2D eigenvalue weighted by molar-refractivity contribution is 5.96. The first kappa shape index (κ1) is 27.3. The Bertz CT molecular complexity index is 862. The van der Waals surface area contributed by atoms with Crippen LogP contribution in [0.2, 0.25) is 0 Å². The molecule has 1 aromatic carbocycles. The minimum Gasteiger partial charge on any atom is -0.508 e. The third-order valence-electron chi connectivity index (χ3n) is 4.38. The van der Waals surface area contributed by atoms with Gasteiger partial charge in [-0.3, -0.25) is 19.2 Å². The Morgan fingerprint density at radius 2 is 1.30 bits per heavy atom. The van der Waals surface area contributed by atoms with Crippen LogP contribution in [0.1, 0.15) is 12.0 Å². The monoisotopic (exact) mass is 469 g/mol. The van der Waals surface area contributed by atoms with Gasteiger partial charge < -0.3 is 47.8 Å². The molecule has 14 nitrogen and oxygen atoms in total. The SMILES string of the molecule is NC(=O)CC(NC(=O)C(N)Cc1ccc(O)cc1)C(=O)NC(CO)C(=O)NC(CO)C(=O)O. The van der Waals surface area contributed by atoms with Gasteiger partial charge in [0, 0.05) is 0 Å². The van der Waals surface area contributed by atoms with E-state index >= 15 is 0 Å². The van der Waals surface area contributed by atoms with Crippen LogP contribution in [0.5, 0.6) is 5.75 Å². The first-order valence-corrected chi connectivity index (χ1v) is 9.65. The number of carboxylic acid groups (broad SMARTS) is 1. The lowest BCUT2D eigenvalue weighted by Crippen LogP contribution is -2.59. The Morgan fingerprint density at radius 1 is 0.818 bits per heavy atom. The molecular weight excluding hydrogens is 442 g/mol. The molecule has 0 radical (unpaired) electrons. The number of nitrogens with two attached hydrogens (primary N) is 2. The van der Waals surface area contributed by atoms with Crippen molar-refractivity contribution in [3.63, 3.8) is 0 Å². The van der Waals surface area contributed by atoms with Gasteiger partial charge in [-0.1, -0.05) is 12.1 Å². The second-order valence-corrected chi connectivity index (χ2v) is 7.03. The van der Waals surface area contributed by atoms with E-state index in [9.17, 15) is 34.2 Å². The highest BCUT2D eigenvalue weighted by atomic mass is 16.4. The maximum absolute atomic E-state index is 12.5. The van der Waals surface area contributed by atoms with Crippen molar-refractivity contribution in [2.45, 2.75) is 37.0 Å². The van der Waals surface area contributed by atoms with Crippen LogP contribution in [0.3, 0.4) is 0 Å². The molecular formula is C19H27N5O9. The summed E-state index contributed by atoms with van der Waals surface area (Å²) in [6.07, 6.45) is -0.617. The Balaban J connectivity index is 2.84. The number of phenolic OH excluding ortho intramolecular Hbond substituents is 1. The summed E-state index contributed by atoms with van der Waals surface area (Å²) in [6, 6.07) is -0.142. The lowest BCUT2D eigenvalue weighted by molar-refractivity contribution is -0.143. The number of hydrogen-bond donors (Lipinski definition) is 9. The molecule has 0 bridgehead atoms. The van der Waals surface area contributed by atoms with E-state index in [-0.39, 0.29) is 12.2 Å². The predicted molar refractivity (Wildman–Crippen MR) is 111 cm³/mol. The molecule has 0 aromatic heterocycles. The molecule has 0 heterocycles. The van der Waals surface area contributed by atoms with E-state index in [2.05, 4.69) is 10.6 Å². The van der Waals surface area contributed by atoms with Gasteiger partial charge in [0.1, 0.15) is 23.9 Å². The van der Waals surface area contributed by atoms with Gasteiger partial charge in [0.2, 0.25) is 23.6 Å². The first-order valence-electron chi connectivity index (χ1n) is 9.65. The number of benzene rings is 1. The molecule has 0 spiro atoms. The number of rotatable bonds is 13. The highest BCUT2D eigenvalue weighted by Crippen LogP contribution is 2.11. The molecule has 1 aromatic rings. The van der Waals surface area contributed by atoms with Crippen LogP contribution in [-0.2, 0) is 30.4 Å². The van der Waals surface area contributed by atoms with E-state index in [0.29, 0.717) is 5.56 Å². The Labute approximate surface area is 187 Å². The summed E-state index contributed by atoms with van der Waals surface area (Å²) in [5.74, 6) is -5.49. The van der Waals surface area contributed by atoms with Crippen LogP contribution in [0.4, 0.5) is 0 Å². The maximum atomic E-state index is 12.5. The smallest absolute Gasteiger partial charge is 0.328 e. The molecule has 4 amide bonds. The van der Waals surface area contributed by atoms with E-state index in [0.717, 1.165) is 0 Å². The summed E-state index contributed by atoms with van der Waals surface area (Å²) in [5.41, 5.74) is 11.6. The molecule has 0 fully saturated rings. The highest BCUT2D eigenvalue weighted by Gasteiger charge is 2.30. The summed E-state index contributed by atoms with van der Waals surface area (Å²) in [5, 5.41) is 42.8. The Hall–Kier alpha value is -3.75. The van der Waals surface area contributed by atoms with Crippen molar-refractivity contribution in [2.24, 2.45) is 11.5 Å². The minimum absolute atomic E-state index is 0.0195. The van der Waals surface area contributed by atoms with Crippen molar-refractivity contribution in [2.75, 3.05) is 13.2 Å². The van der Waals surface area contributed by atoms with Gasteiger partial charge in [0.25, 0.3) is 0 Å². The molecule has 4 atom stereocenters. The molecule has 33 heavy (non-hydrogen) atoms. The van der Waals surface area contributed by atoms with E-state index in [1.807, 2.05) is 5.32 Å². The van der Waals surface area contributed by atoms with Gasteiger partial charge in [-0.2, -0.15) is 0 Å². The standard InChI is InChI=1S/C19H27N5O9/c20-11(5-9-1-3-10(27)4-2-9)16(29)22-12(6-15(21)28)17(30)23-13(7-25)18(31)24-14(8-26)19(32)33/h1-4,11-14,25-27H,5-8,20H2,(H2,21,28)(H,22,29)(H,23,30)(H,24,31)(H,32,33). The van der Waals surface area contributed by atoms with Crippen molar-refractivity contribution in [1.82, 2.24) is 16.0 Å². The summed E-state index contributed by atoms with van der Waals surface area (Å²) in [6.45, 7) is -1.89. The van der Waals surface area contributed by atoms with Crippen LogP contribution < -0.4 is 27.4 Å². The van der Waals surface area contributed by atoms with E-state index in [4.69, 9.17) is 21.7 Å². The van der Waals surface area contributed by atoms with Crippen molar-refractivity contribution >= 4 is 29.6 Å². The second-order valence-electron chi connectivity index (χ2n) is 7.03. The average Bonchev–Trinajstić information content (AvgIpc) is 2.75. The van der Waals surface area contributed by atoms with Crippen LogP contribution in [0, 0.1) is 0 Å². The third kappa shape index (κ3) is 9.10. The molecule has 182 valence electrons. The fourth-order valence-electron chi connectivity index (χ4n) is 2.59. The fraction of sp³-hybridized carbons (Fsp3) is 0.421. The Morgan fingerprint density at radius 3 is 1.79 bits per heavy atom. The average molecular weight is 469 g/mol. The van der Waals surface area contributed by atoms with Crippen molar-refractivity contribution in [3.8, 4) is 5.75 Å². The van der Waals surface area contributed by atoms with E-state index in [1.54, 1.807) is 0 Å². The number of primary amides is 1. The molecule has 0 saturated heterocycles. The van der Waals surface area contributed by atoms with Gasteiger partial charge in [0.05, 0.1) is 25.7 Å². The molecule has 1 rings (SSSR count). The largest absolute Gasteiger partial charge is 0.508 e. The number of aliphatic carboxylic acids is 1. The number of aliphatic hydroxyl groups excluding tert-OH is 2. The zero-order valence-corrected chi connectivity index (χ0v) is 17.4. The first-order chi connectivity index (χ1) is 15.5. The van der Waals surface area contributed by atoms with Gasteiger partial charge in [0.15, 0.2) is 0 Å². The lowest BCUT2D eigenvalue weighted by Gasteiger charge is -2.23. The predicted octanol–water partition coefficient (Wildman–Crippen LogP) is -4.34. The Kier molecular flexibility index (Phi) is 10.7. The fourth-order valence-corrected chi connectivity index (χ4v) is 2.59. The molecule has 14 heteroatoms. The van der Waals surface area contributed by atoms with E-state index in [1.165, 1.54) is 24.3 Å². The molecule has 4 unspecified atom stereocenters. The van der Waals surface area contributed by atoms with Crippen LogP contribution in [-0.4, -0.2) is 87.4 Å². The van der Waals surface area contributed by atoms with Crippen LogP contribution in [0.25, 0.3) is 0 Å². The summed E-state index contributed by atoms with van der Waals surface area (Å²) in [4.78, 5) is 59.3. The topological polar surface area (TPSA) is 254 Å². The number of amides is 4. The summed E-state index contributed by atoms with van der Waals surface area (Å²) >= 11 is 0. The van der Waals surface area contributed by atoms with Gasteiger partial charge in [-0.25, -0.2) is 4.79 Å². The van der Waals surface area contributed by atoms with Crippen molar-refractivity contribution in [1.29, 1.82) is 0 Å². The second kappa shape index (κ2) is 12.9. The maximum Gasteiger partial charge on any atom is 0.328 e. The van der Waals surface area contributed by atoms with Gasteiger partial charge in [-0.05, 0) is 24.1 Å². The van der Waals surface area contributed by atoms with Crippen molar-refractivity contribution < 1.29 is 44.4 Å². The number of aliphatic hydroxyl groups is 2. The van der Waals surface area contributed by atoms with Gasteiger partial charge in [-0.15, -0.1) is 0 Å². The number of carboxylic acids is 1. The lowest BCUT2D eigenvalue weighted by atomic mass is 10.0. The van der Waals surface area contributed by atoms with Gasteiger partial charge >= 0.3 is 5.97 Å². The molecule has 11 N–H and O–H groups in total. The third-order valence-corrected chi connectivity index (χ3v) is 4.38.